The standard InChI is InChI=1S/C6H10N2O3/c7-3-1-4(6(10)11)8-5(9)2-3/h3-4H,1-2,7H2,(H,8,9)(H,10,11)/t3-,4-/m1/s1. The zero-order chi connectivity index (χ0) is 8.43. The lowest BCUT2D eigenvalue weighted by atomic mass is 10.00. The molecule has 1 aliphatic rings. The fourth-order valence-corrected chi connectivity index (χ4v) is 1.10. The van der Waals surface area contributed by atoms with Crippen molar-refractivity contribution in [3.05, 3.63) is 0 Å². The van der Waals surface area contributed by atoms with Crippen molar-refractivity contribution in [2.24, 2.45) is 5.73 Å². The van der Waals surface area contributed by atoms with E-state index in [0.29, 0.717) is 6.42 Å². The average molecular weight is 158 g/mol. The first-order valence-electron chi connectivity index (χ1n) is 3.37. The minimum Gasteiger partial charge on any atom is -0.480 e. The summed E-state index contributed by atoms with van der Waals surface area (Å²) in [5.74, 6) is -1.30. The summed E-state index contributed by atoms with van der Waals surface area (Å²) in [6.07, 6.45) is 0.546. The van der Waals surface area contributed by atoms with E-state index in [2.05, 4.69) is 5.32 Å². The normalized spacial score (nSPS) is 31.2. The number of carbonyl (C=O) groups excluding carboxylic acids is 1. The predicted molar refractivity (Wildman–Crippen MR) is 36.8 cm³/mol. The van der Waals surface area contributed by atoms with Gasteiger partial charge in [-0.25, -0.2) is 4.79 Å². The molecule has 0 saturated carbocycles. The molecular formula is C6H10N2O3. The number of carbonyl (C=O) groups is 2. The van der Waals surface area contributed by atoms with Crippen molar-refractivity contribution in [2.75, 3.05) is 0 Å². The van der Waals surface area contributed by atoms with E-state index in [1.165, 1.54) is 0 Å². The highest BCUT2D eigenvalue weighted by Gasteiger charge is 2.28. The molecule has 0 unspecified atom stereocenters. The van der Waals surface area contributed by atoms with E-state index in [-0.39, 0.29) is 18.4 Å². The molecule has 0 spiro atoms. The molecule has 1 heterocycles. The van der Waals surface area contributed by atoms with E-state index in [0.717, 1.165) is 0 Å². The Balaban J connectivity index is 2.56. The number of aliphatic carboxylic acids is 1. The number of piperidine rings is 1. The highest BCUT2D eigenvalue weighted by atomic mass is 16.4. The molecule has 62 valence electrons. The first-order chi connectivity index (χ1) is 5.09. The Morgan fingerprint density at radius 3 is 2.82 bits per heavy atom. The summed E-state index contributed by atoms with van der Waals surface area (Å²) >= 11 is 0. The smallest absolute Gasteiger partial charge is 0.326 e. The highest BCUT2D eigenvalue weighted by Crippen LogP contribution is 2.06. The van der Waals surface area contributed by atoms with Gasteiger partial charge in [0.2, 0.25) is 5.91 Å². The second kappa shape index (κ2) is 2.87. The van der Waals surface area contributed by atoms with Crippen LogP contribution in [0.4, 0.5) is 0 Å². The second-order valence-corrected chi connectivity index (χ2v) is 2.66. The molecule has 1 saturated heterocycles. The number of nitrogens with two attached hydrogens (primary N) is 1. The molecule has 2 atom stereocenters. The van der Waals surface area contributed by atoms with E-state index in [9.17, 15) is 9.59 Å². The fraction of sp³-hybridized carbons (Fsp3) is 0.667. The van der Waals surface area contributed by atoms with Crippen molar-refractivity contribution < 1.29 is 14.7 Å². The van der Waals surface area contributed by atoms with Crippen LogP contribution in [0.1, 0.15) is 12.8 Å². The first kappa shape index (κ1) is 8.00. The Morgan fingerprint density at radius 2 is 2.36 bits per heavy atom. The third-order valence-electron chi connectivity index (χ3n) is 1.62. The van der Waals surface area contributed by atoms with Gasteiger partial charge in [0.05, 0.1) is 0 Å². The molecule has 0 aromatic carbocycles. The van der Waals surface area contributed by atoms with Crippen LogP contribution in [0.5, 0.6) is 0 Å². The number of hydrogen-bond donors (Lipinski definition) is 3. The second-order valence-electron chi connectivity index (χ2n) is 2.66. The van der Waals surface area contributed by atoms with Gasteiger partial charge in [0, 0.05) is 12.5 Å². The van der Waals surface area contributed by atoms with Crippen LogP contribution >= 0.6 is 0 Å². The Hall–Kier alpha value is -1.10. The van der Waals surface area contributed by atoms with Crippen molar-refractivity contribution in [1.29, 1.82) is 0 Å². The number of carboxylic acids is 1. The highest BCUT2D eigenvalue weighted by molar-refractivity contribution is 5.85. The predicted octanol–water partition coefficient (Wildman–Crippen LogP) is -1.32. The third-order valence-corrected chi connectivity index (χ3v) is 1.62. The Bertz CT molecular complexity index is 192. The fourth-order valence-electron chi connectivity index (χ4n) is 1.10. The van der Waals surface area contributed by atoms with Crippen LogP contribution in [0, 0.1) is 0 Å². The molecular weight excluding hydrogens is 148 g/mol. The molecule has 0 aromatic heterocycles. The van der Waals surface area contributed by atoms with Crippen LogP contribution in [-0.2, 0) is 9.59 Å². The minimum atomic E-state index is -1.02. The number of carboxylic acid groups (broad SMARTS) is 1. The molecule has 1 amide bonds. The summed E-state index contributed by atoms with van der Waals surface area (Å²) in [6, 6.07) is -1.11. The molecule has 0 aromatic rings. The summed E-state index contributed by atoms with van der Waals surface area (Å²) in [5.41, 5.74) is 5.43. The SMILES string of the molecule is N[C@H]1CC(=O)N[C@@H](C(=O)O)C1. The summed E-state index contributed by atoms with van der Waals surface area (Å²) in [4.78, 5) is 21.1. The van der Waals surface area contributed by atoms with Crippen molar-refractivity contribution in [2.45, 2.75) is 24.9 Å². The Kier molecular flexibility index (Phi) is 2.09. The summed E-state index contributed by atoms with van der Waals surface area (Å²) in [5, 5.41) is 10.8. The van der Waals surface area contributed by atoms with Gasteiger partial charge in [-0.1, -0.05) is 0 Å². The van der Waals surface area contributed by atoms with Crippen LogP contribution in [0.15, 0.2) is 0 Å². The average Bonchev–Trinajstić information content (AvgIpc) is 1.85. The number of amides is 1. The van der Waals surface area contributed by atoms with E-state index in [1.807, 2.05) is 0 Å². The van der Waals surface area contributed by atoms with E-state index < -0.39 is 12.0 Å². The van der Waals surface area contributed by atoms with Gasteiger partial charge in [-0.3, -0.25) is 4.79 Å². The maximum atomic E-state index is 10.7. The number of rotatable bonds is 1. The molecule has 1 fully saturated rings. The van der Waals surface area contributed by atoms with Crippen LogP contribution in [-0.4, -0.2) is 29.1 Å². The van der Waals surface area contributed by atoms with Crippen molar-refractivity contribution in [1.82, 2.24) is 5.32 Å². The summed E-state index contributed by atoms with van der Waals surface area (Å²) in [6.45, 7) is 0. The van der Waals surface area contributed by atoms with Gasteiger partial charge >= 0.3 is 5.97 Å². The maximum absolute atomic E-state index is 10.7. The molecule has 4 N–H and O–H groups in total. The van der Waals surface area contributed by atoms with Crippen molar-refractivity contribution >= 4 is 11.9 Å². The Labute approximate surface area is 63.6 Å². The van der Waals surface area contributed by atoms with Crippen LogP contribution in [0.25, 0.3) is 0 Å². The zero-order valence-electron chi connectivity index (χ0n) is 5.91. The van der Waals surface area contributed by atoms with Gasteiger partial charge in [0.1, 0.15) is 6.04 Å². The van der Waals surface area contributed by atoms with Gasteiger partial charge in [0.25, 0.3) is 0 Å². The molecule has 0 bridgehead atoms. The molecule has 1 aliphatic heterocycles. The lowest BCUT2D eigenvalue weighted by Gasteiger charge is -2.24. The molecule has 0 aliphatic carbocycles. The summed E-state index contributed by atoms with van der Waals surface area (Å²) < 4.78 is 0. The minimum absolute atomic E-state index is 0.226. The first-order valence-corrected chi connectivity index (χ1v) is 3.37. The summed E-state index contributed by atoms with van der Waals surface area (Å²) in [7, 11) is 0. The molecule has 5 nitrogen and oxygen atoms in total. The van der Waals surface area contributed by atoms with Gasteiger partial charge in [-0.2, -0.15) is 0 Å². The Morgan fingerprint density at radius 1 is 1.73 bits per heavy atom. The van der Waals surface area contributed by atoms with Gasteiger partial charge in [-0.05, 0) is 6.42 Å². The van der Waals surface area contributed by atoms with Gasteiger partial charge in [-0.15, -0.1) is 0 Å². The molecule has 11 heavy (non-hydrogen) atoms. The van der Waals surface area contributed by atoms with Gasteiger partial charge < -0.3 is 16.2 Å². The zero-order valence-corrected chi connectivity index (χ0v) is 5.91. The molecule has 1 rings (SSSR count). The van der Waals surface area contributed by atoms with Crippen LogP contribution < -0.4 is 11.1 Å². The molecule has 5 heteroatoms. The van der Waals surface area contributed by atoms with E-state index in [1.54, 1.807) is 0 Å². The maximum Gasteiger partial charge on any atom is 0.326 e. The number of hydrogen-bond acceptors (Lipinski definition) is 3. The van der Waals surface area contributed by atoms with Crippen LogP contribution in [0.3, 0.4) is 0 Å². The molecule has 0 radical (unpaired) electrons. The lowest BCUT2D eigenvalue weighted by molar-refractivity contribution is -0.143. The third kappa shape index (κ3) is 1.91. The van der Waals surface area contributed by atoms with Crippen LogP contribution in [0.2, 0.25) is 0 Å². The monoisotopic (exact) mass is 158 g/mol. The van der Waals surface area contributed by atoms with E-state index >= 15 is 0 Å². The number of nitrogens with one attached hydrogen (secondary N) is 1. The largest absolute Gasteiger partial charge is 0.480 e. The van der Waals surface area contributed by atoms with Crippen molar-refractivity contribution in [3.8, 4) is 0 Å². The topological polar surface area (TPSA) is 92.4 Å². The van der Waals surface area contributed by atoms with Crippen molar-refractivity contribution in [3.63, 3.8) is 0 Å². The lowest BCUT2D eigenvalue weighted by Crippen LogP contribution is -2.50. The quantitative estimate of drug-likeness (QED) is 0.441. The van der Waals surface area contributed by atoms with E-state index in [4.69, 9.17) is 10.8 Å². The van der Waals surface area contributed by atoms with Gasteiger partial charge in [0.15, 0.2) is 0 Å².